The van der Waals surface area contributed by atoms with Crippen LogP contribution < -0.4 is 10.5 Å². The molecule has 1 aromatic carbocycles. The van der Waals surface area contributed by atoms with E-state index < -0.39 is 6.17 Å². The second kappa shape index (κ2) is 4.82. The van der Waals surface area contributed by atoms with Crippen LogP contribution in [0.4, 0.5) is 4.39 Å². The lowest BCUT2D eigenvalue weighted by molar-refractivity contribution is 0.332. The largest absolute Gasteiger partial charge is 0.494 e. The molecule has 1 atom stereocenters. The van der Waals surface area contributed by atoms with E-state index in [0.29, 0.717) is 17.9 Å². The lowest BCUT2D eigenvalue weighted by Crippen LogP contribution is -2.07. The minimum atomic E-state index is -1.10. The van der Waals surface area contributed by atoms with Crippen molar-refractivity contribution in [2.24, 2.45) is 5.73 Å². The molecule has 0 fully saturated rings. The zero-order valence-corrected chi connectivity index (χ0v) is 7.66. The summed E-state index contributed by atoms with van der Waals surface area (Å²) in [6, 6.07) is 6.96. The van der Waals surface area contributed by atoms with Crippen LogP contribution >= 0.6 is 0 Å². The minimum absolute atomic E-state index is 0.00950. The van der Waals surface area contributed by atoms with Gasteiger partial charge in [0.2, 0.25) is 0 Å². The highest BCUT2D eigenvalue weighted by molar-refractivity contribution is 5.30. The molecule has 0 heterocycles. The molecule has 0 aromatic heterocycles. The Balaban J connectivity index is 2.78. The molecule has 1 aromatic rings. The summed E-state index contributed by atoms with van der Waals surface area (Å²) in [6.07, 6.45) is -1.10. The molecule has 0 aliphatic heterocycles. The van der Waals surface area contributed by atoms with Crippen molar-refractivity contribution in [1.82, 2.24) is 0 Å². The summed E-state index contributed by atoms with van der Waals surface area (Å²) in [4.78, 5) is 0. The first kappa shape index (κ1) is 9.99. The fraction of sp³-hybridized carbons (Fsp3) is 0.400. The van der Waals surface area contributed by atoms with Gasteiger partial charge in [0.05, 0.1) is 6.61 Å². The van der Waals surface area contributed by atoms with Gasteiger partial charge in [-0.2, -0.15) is 0 Å². The molecule has 3 heteroatoms. The van der Waals surface area contributed by atoms with Gasteiger partial charge in [0.15, 0.2) is 0 Å². The number of hydrogen-bond acceptors (Lipinski definition) is 2. The third kappa shape index (κ3) is 2.70. The van der Waals surface area contributed by atoms with Crippen LogP contribution in [0.25, 0.3) is 0 Å². The predicted molar refractivity (Wildman–Crippen MR) is 50.5 cm³/mol. The molecule has 1 unspecified atom stereocenters. The molecule has 2 nitrogen and oxygen atoms in total. The van der Waals surface area contributed by atoms with E-state index in [-0.39, 0.29) is 6.54 Å². The number of hydrogen-bond donors (Lipinski definition) is 1. The monoisotopic (exact) mass is 183 g/mol. The first-order valence-corrected chi connectivity index (χ1v) is 4.34. The SMILES string of the molecule is CCOc1cccc(C(F)CN)c1. The zero-order valence-electron chi connectivity index (χ0n) is 7.66. The molecule has 0 radical (unpaired) electrons. The van der Waals surface area contributed by atoms with Gasteiger partial charge in [0.1, 0.15) is 11.9 Å². The highest BCUT2D eigenvalue weighted by atomic mass is 19.1. The highest BCUT2D eigenvalue weighted by Gasteiger charge is 2.07. The average Bonchev–Trinajstić information content (AvgIpc) is 2.18. The van der Waals surface area contributed by atoms with E-state index in [2.05, 4.69) is 0 Å². The highest BCUT2D eigenvalue weighted by Crippen LogP contribution is 2.20. The molecular formula is C10H14FNO. The number of nitrogens with two attached hydrogens (primary N) is 1. The molecule has 2 N–H and O–H groups in total. The summed E-state index contributed by atoms with van der Waals surface area (Å²) >= 11 is 0. The quantitative estimate of drug-likeness (QED) is 0.775. The van der Waals surface area contributed by atoms with E-state index >= 15 is 0 Å². The van der Waals surface area contributed by atoms with Crippen molar-refractivity contribution in [3.63, 3.8) is 0 Å². The molecule has 0 saturated carbocycles. The molecule has 0 amide bonds. The van der Waals surface area contributed by atoms with E-state index in [4.69, 9.17) is 10.5 Å². The number of rotatable bonds is 4. The van der Waals surface area contributed by atoms with Crippen molar-refractivity contribution in [1.29, 1.82) is 0 Å². The van der Waals surface area contributed by atoms with Gasteiger partial charge < -0.3 is 10.5 Å². The number of benzene rings is 1. The third-order valence-corrected chi connectivity index (χ3v) is 1.74. The zero-order chi connectivity index (χ0) is 9.68. The fourth-order valence-electron chi connectivity index (χ4n) is 1.10. The minimum Gasteiger partial charge on any atom is -0.494 e. The lowest BCUT2D eigenvalue weighted by Gasteiger charge is -2.08. The topological polar surface area (TPSA) is 35.2 Å². The maximum atomic E-state index is 13.1. The van der Waals surface area contributed by atoms with Crippen molar-refractivity contribution in [2.75, 3.05) is 13.2 Å². The molecule has 0 bridgehead atoms. The van der Waals surface area contributed by atoms with Crippen molar-refractivity contribution in [2.45, 2.75) is 13.1 Å². The molecule has 0 spiro atoms. The number of ether oxygens (including phenoxy) is 1. The van der Waals surface area contributed by atoms with Crippen LogP contribution in [0.3, 0.4) is 0 Å². The van der Waals surface area contributed by atoms with Gasteiger partial charge in [-0.15, -0.1) is 0 Å². The van der Waals surface area contributed by atoms with Crippen LogP contribution in [0.2, 0.25) is 0 Å². The van der Waals surface area contributed by atoms with E-state index in [1.165, 1.54) is 0 Å². The van der Waals surface area contributed by atoms with Crippen LogP contribution in [-0.2, 0) is 0 Å². The second-order valence-corrected chi connectivity index (χ2v) is 2.71. The Hall–Kier alpha value is -1.09. The molecular weight excluding hydrogens is 169 g/mol. The Morgan fingerprint density at radius 1 is 1.54 bits per heavy atom. The van der Waals surface area contributed by atoms with Crippen molar-refractivity contribution in [3.8, 4) is 5.75 Å². The third-order valence-electron chi connectivity index (χ3n) is 1.74. The Kier molecular flexibility index (Phi) is 3.71. The summed E-state index contributed by atoms with van der Waals surface area (Å²) in [7, 11) is 0. The summed E-state index contributed by atoms with van der Waals surface area (Å²) in [5.74, 6) is 0.691. The molecule has 13 heavy (non-hydrogen) atoms. The first-order chi connectivity index (χ1) is 6.27. The summed E-state index contributed by atoms with van der Waals surface area (Å²) in [5, 5.41) is 0. The number of alkyl halides is 1. The van der Waals surface area contributed by atoms with Crippen LogP contribution in [0, 0.1) is 0 Å². The van der Waals surface area contributed by atoms with E-state index in [0.717, 1.165) is 0 Å². The number of halogens is 1. The van der Waals surface area contributed by atoms with Gasteiger partial charge in [-0.25, -0.2) is 4.39 Å². The molecule has 1 rings (SSSR count). The molecule has 0 saturated heterocycles. The second-order valence-electron chi connectivity index (χ2n) is 2.71. The van der Waals surface area contributed by atoms with Gasteiger partial charge in [-0.3, -0.25) is 0 Å². The maximum absolute atomic E-state index is 13.1. The van der Waals surface area contributed by atoms with Crippen LogP contribution in [0.5, 0.6) is 5.75 Å². The Bertz CT molecular complexity index is 265. The molecule has 0 aliphatic rings. The van der Waals surface area contributed by atoms with E-state index in [9.17, 15) is 4.39 Å². The summed E-state index contributed by atoms with van der Waals surface area (Å²) in [6.45, 7) is 2.49. The molecule has 72 valence electrons. The maximum Gasteiger partial charge on any atom is 0.137 e. The van der Waals surface area contributed by atoms with Gasteiger partial charge in [0.25, 0.3) is 0 Å². The fourth-order valence-corrected chi connectivity index (χ4v) is 1.10. The van der Waals surface area contributed by atoms with Crippen LogP contribution in [-0.4, -0.2) is 13.2 Å². The van der Waals surface area contributed by atoms with Crippen molar-refractivity contribution >= 4 is 0 Å². The van der Waals surface area contributed by atoms with E-state index in [1.54, 1.807) is 24.3 Å². The Morgan fingerprint density at radius 3 is 2.92 bits per heavy atom. The van der Waals surface area contributed by atoms with Crippen molar-refractivity contribution < 1.29 is 9.13 Å². The average molecular weight is 183 g/mol. The van der Waals surface area contributed by atoms with Gasteiger partial charge >= 0.3 is 0 Å². The van der Waals surface area contributed by atoms with Crippen LogP contribution in [0.1, 0.15) is 18.7 Å². The van der Waals surface area contributed by atoms with Crippen LogP contribution in [0.15, 0.2) is 24.3 Å². The van der Waals surface area contributed by atoms with Gasteiger partial charge in [-0.05, 0) is 24.6 Å². The summed E-state index contributed by atoms with van der Waals surface area (Å²) in [5.41, 5.74) is 5.79. The molecule has 0 aliphatic carbocycles. The first-order valence-electron chi connectivity index (χ1n) is 4.34. The smallest absolute Gasteiger partial charge is 0.137 e. The predicted octanol–water partition coefficient (Wildman–Crippen LogP) is 2.05. The van der Waals surface area contributed by atoms with Gasteiger partial charge in [-0.1, -0.05) is 12.1 Å². The van der Waals surface area contributed by atoms with Crippen molar-refractivity contribution in [3.05, 3.63) is 29.8 Å². The lowest BCUT2D eigenvalue weighted by atomic mass is 10.1. The Labute approximate surface area is 77.5 Å². The van der Waals surface area contributed by atoms with Gasteiger partial charge in [0, 0.05) is 6.54 Å². The Morgan fingerprint density at radius 2 is 2.31 bits per heavy atom. The normalized spacial score (nSPS) is 12.5. The van der Waals surface area contributed by atoms with E-state index in [1.807, 2.05) is 6.92 Å². The summed E-state index contributed by atoms with van der Waals surface area (Å²) < 4.78 is 18.3. The standard InChI is InChI=1S/C10H14FNO/c1-2-13-9-5-3-4-8(6-9)10(11)7-12/h3-6,10H,2,7,12H2,1H3.